The highest BCUT2D eigenvalue weighted by atomic mass is 32.2. The molecule has 0 aromatic rings. The van der Waals surface area contributed by atoms with Gasteiger partial charge in [-0.3, -0.25) is 4.79 Å². The van der Waals surface area contributed by atoms with Crippen LogP contribution in [0.15, 0.2) is 0 Å². The SMILES string of the molecule is CSCCC(O)C#N.CSCCC(O)C(N)=O.O. The monoisotopic (exact) mass is 298 g/mol. The van der Waals surface area contributed by atoms with Crippen molar-refractivity contribution in [3.8, 4) is 6.07 Å². The van der Waals surface area contributed by atoms with Crippen LogP contribution in [0.2, 0.25) is 0 Å². The topological polar surface area (TPSA) is 139 Å². The Balaban J connectivity index is -0.000000238. The van der Waals surface area contributed by atoms with Crippen LogP contribution in [0.5, 0.6) is 0 Å². The van der Waals surface area contributed by atoms with Crippen LogP contribution in [-0.4, -0.2) is 57.8 Å². The molecule has 0 radical (unpaired) electrons. The molecule has 2 unspecified atom stereocenters. The molecule has 0 rings (SSSR count). The first kappa shape index (κ1) is 22.7. The second kappa shape index (κ2) is 16.5. The number of amides is 1. The Bertz CT molecular complexity index is 236. The molecule has 18 heavy (non-hydrogen) atoms. The van der Waals surface area contributed by atoms with Crippen molar-refractivity contribution >= 4 is 29.4 Å². The van der Waals surface area contributed by atoms with E-state index in [1.54, 1.807) is 29.6 Å². The zero-order chi connectivity index (χ0) is 13.7. The molecule has 0 aliphatic carbocycles. The Morgan fingerprint density at radius 2 is 1.72 bits per heavy atom. The second-order valence-corrected chi connectivity index (χ2v) is 5.10. The normalized spacial score (nSPS) is 12.2. The van der Waals surface area contributed by atoms with E-state index in [1.807, 2.05) is 12.5 Å². The summed E-state index contributed by atoms with van der Waals surface area (Å²) in [6, 6.07) is 1.74. The van der Waals surface area contributed by atoms with Gasteiger partial charge in [-0.05, 0) is 36.9 Å². The van der Waals surface area contributed by atoms with Crippen molar-refractivity contribution in [2.45, 2.75) is 25.0 Å². The maximum absolute atomic E-state index is 10.2. The van der Waals surface area contributed by atoms with Crippen LogP contribution < -0.4 is 5.73 Å². The number of nitriles is 1. The Kier molecular flexibility index (Phi) is 20.9. The number of aliphatic hydroxyl groups is 2. The van der Waals surface area contributed by atoms with Crippen LogP contribution in [-0.2, 0) is 4.79 Å². The first-order valence-corrected chi connectivity index (χ1v) is 7.81. The lowest BCUT2D eigenvalue weighted by atomic mass is 10.3. The molecule has 0 bridgehead atoms. The summed E-state index contributed by atoms with van der Waals surface area (Å²) in [7, 11) is 0. The summed E-state index contributed by atoms with van der Waals surface area (Å²) >= 11 is 3.21. The van der Waals surface area contributed by atoms with Gasteiger partial charge in [0.2, 0.25) is 5.91 Å². The molecule has 6 N–H and O–H groups in total. The lowest BCUT2D eigenvalue weighted by Crippen LogP contribution is -2.28. The molecule has 0 aromatic carbocycles. The minimum atomic E-state index is -0.961. The first-order chi connectivity index (χ1) is 7.99. The van der Waals surface area contributed by atoms with Crippen molar-refractivity contribution in [1.82, 2.24) is 0 Å². The highest BCUT2D eigenvalue weighted by Gasteiger charge is 2.08. The molecular weight excluding hydrogens is 276 g/mol. The molecular formula is C10H22N2O4S2. The molecule has 8 heteroatoms. The summed E-state index contributed by atoms with van der Waals surface area (Å²) in [4.78, 5) is 10.2. The van der Waals surface area contributed by atoms with Crippen LogP contribution in [0.25, 0.3) is 0 Å². The van der Waals surface area contributed by atoms with Crippen molar-refractivity contribution in [2.24, 2.45) is 5.73 Å². The lowest BCUT2D eigenvalue weighted by molar-refractivity contribution is -0.126. The molecule has 0 saturated heterocycles. The highest BCUT2D eigenvalue weighted by Crippen LogP contribution is 1.99. The van der Waals surface area contributed by atoms with E-state index in [2.05, 4.69) is 0 Å². The van der Waals surface area contributed by atoms with Gasteiger partial charge in [-0.15, -0.1) is 0 Å². The number of aliphatic hydroxyl groups excluding tert-OH is 2. The third kappa shape index (κ3) is 17.9. The molecule has 2 atom stereocenters. The number of thioether (sulfide) groups is 2. The number of hydrogen-bond donors (Lipinski definition) is 3. The van der Waals surface area contributed by atoms with E-state index in [-0.39, 0.29) is 5.48 Å². The standard InChI is InChI=1S/C5H11NO2S.C5H9NOS.H2O/c1-9-3-2-4(7)5(6)8;1-8-3-2-5(7)4-6;/h4,7H,2-3H2,1H3,(H2,6,8);5,7H,2-3H2,1H3;1H2. The van der Waals surface area contributed by atoms with Gasteiger partial charge in [-0.25, -0.2) is 0 Å². The average molecular weight is 298 g/mol. The van der Waals surface area contributed by atoms with Crippen molar-refractivity contribution in [1.29, 1.82) is 5.26 Å². The van der Waals surface area contributed by atoms with Crippen LogP contribution in [0.1, 0.15) is 12.8 Å². The summed E-state index contributed by atoms with van der Waals surface area (Å²) in [5.41, 5.74) is 4.78. The number of carbonyl (C=O) groups excluding carboxylic acids is 1. The summed E-state index contributed by atoms with van der Waals surface area (Å²) in [5.74, 6) is 0.989. The second-order valence-electron chi connectivity index (χ2n) is 3.13. The molecule has 0 saturated carbocycles. The number of carbonyl (C=O) groups is 1. The van der Waals surface area contributed by atoms with Gasteiger partial charge in [0.25, 0.3) is 0 Å². The molecule has 0 fully saturated rings. The minimum Gasteiger partial charge on any atom is -0.412 e. The van der Waals surface area contributed by atoms with Gasteiger partial charge in [0, 0.05) is 0 Å². The highest BCUT2D eigenvalue weighted by molar-refractivity contribution is 7.98. The average Bonchev–Trinajstić information content (AvgIpc) is 2.33. The molecule has 1 amide bonds. The summed E-state index contributed by atoms with van der Waals surface area (Å²) in [5, 5.41) is 25.4. The Morgan fingerprint density at radius 3 is 2.06 bits per heavy atom. The van der Waals surface area contributed by atoms with Crippen molar-refractivity contribution in [3.63, 3.8) is 0 Å². The molecule has 0 aromatic heterocycles. The Labute approximate surface area is 116 Å². The lowest BCUT2D eigenvalue weighted by Gasteiger charge is -2.02. The molecule has 0 aliphatic rings. The minimum absolute atomic E-state index is 0. The predicted octanol–water partition coefficient (Wildman–Crippen LogP) is -0.615. The zero-order valence-corrected chi connectivity index (χ0v) is 12.3. The van der Waals surface area contributed by atoms with E-state index < -0.39 is 18.1 Å². The number of nitrogens with zero attached hydrogens (tertiary/aromatic N) is 1. The van der Waals surface area contributed by atoms with Crippen molar-refractivity contribution in [2.75, 3.05) is 24.0 Å². The fourth-order valence-corrected chi connectivity index (χ4v) is 1.58. The maximum atomic E-state index is 10.2. The Morgan fingerprint density at radius 1 is 1.28 bits per heavy atom. The zero-order valence-electron chi connectivity index (χ0n) is 10.6. The van der Waals surface area contributed by atoms with Crippen molar-refractivity contribution < 1.29 is 20.5 Å². The van der Waals surface area contributed by atoms with Gasteiger partial charge in [-0.1, -0.05) is 0 Å². The van der Waals surface area contributed by atoms with Gasteiger partial charge < -0.3 is 21.4 Å². The summed E-state index contributed by atoms with van der Waals surface area (Å²) in [6.07, 6.45) is 3.17. The van der Waals surface area contributed by atoms with Gasteiger partial charge in [0.1, 0.15) is 12.2 Å². The summed E-state index contributed by atoms with van der Waals surface area (Å²) in [6.45, 7) is 0. The van der Waals surface area contributed by atoms with E-state index >= 15 is 0 Å². The van der Waals surface area contributed by atoms with Crippen LogP contribution in [0.3, 0.4) is 0 Å². The third-order valence-electron chi connectivity index (χ3n) is 1.67. The maximum Gasteiger partial charge on any atom is 0.246 e. The van der Waals surface area contributed by atoms with Gasteiger partial charge in [0.05, 0.1) is 6.07 Å². The predicted molar refractivity (Wildman–Crippen MR) is 76.4 cm³/mol. The van der Waals surface area contributed by atoms with E-state index in [4.69, 9.17) is 21.2 Å². The largest absolute Gasteiger partial charge is 0.412 e. The first-order valence-electron chi connectivity index (χ1n) is 5.02. The molecule has 0 heterocycles. The molecule has 0 aliphatic heterocycles. The van der Waals surface area contributed by atoms with Gasteiger partial charge in [-0.2, -0.15) is 28.8 Å². The number of primary amides is 1. The number of hydrogen-bond acceptors (Lipinski definition) is 6. The quantitative estimate of drug-likeness (QED) is 0.535. The fourth-order valence-electron chi connectivity index (χ4n) is 0.666. The van der Waals surface area contributed by atoms with Crippen LogP contribution >= 0.6 is 23.5 Å². The summed E-state index contributed by atoms with van der Waals surface area (Å²) < 4.78 is 0. The molecule has 6 nitrogen and oxygen atoms in total. The molecule has 0 spiro atoms. The fraction of sp³-hybridized carbons (Fsp3) is 0.800. The smallest absolute Gasteiger partial charge is 0.246 e. The van der Waals surface area contributed by atoms with Crippen molar-refractivity contribution in [3.05, 3.63) is 0 Å². The van der Waals surface area contributed by atoms with Crippen LogP contribution in [0.4, 0.5) is 0 Å². The number of nitrogens with two attached hydrogens (primary N) is 1. The Hall–Kier alpha value is -0.460. The van der Waals surface area contributed by atoms with Gasteiger partial charge in [0.15, 0.2) is 0 Å². The van der Waals surface area contributed by atoms with Gasteiger partial charge >= 0.3 is 0 Å². The number of rotatable bonds is 7. The van der Waals surface area contributed by atoms with E-state index in [9.17, 15) is 4.79 Å². The van der Waals surface area contributed by atoms with E-state index in [0.717, 1.165) is 11.5 Å². The third-order valence-corrected chi connectivity index (χ3v) is 2.96. The van der Waals surface area contributed by atoms with E-state index in [0.29, 0.717) is 12.8 Å². The van der Waals surface area contributed by atoms with Crippen LogP contribution in [0, 0.1) is 11.3 Å². The molecule has 108 valence electrons. The van der Waals surface area contributed by atoms with E-state index in [1.165, 1.54) is 0 Å².